The van der Waals surface area contributed by atoms with Crippen LogP contribution in [0.3, 0.4) is 0 Å². The Morgan fingerprint density at radius 2 is 1.90 bits per heavy atom. The van der Waals surface area contributed by atoms with Gasteiger partial charge in [-0.25, -0.2) is 0 Å². The molecule has 2 aromatic carbocycles. The second-order valence-corrected chi connectivity index (χ2v) is 6.20. The summed E-state index contributed by atoms with van der Waals surface area (Å²) in [6.07, 6.45) is 0.655. The second kappa shape index (κ2) is 7.47. The highest BCUT2D eigenvalue weighted by molar-refractivity contribution is 9.10. The van der Waals surface area contributed by atoms with E-state index in [1.165, 1.54) is 0 Å². The SMILES string of the molecule is COc1ccc(CC(NN)c2c(Cl)cccc2Cl)cc1Br. The molecule has 0 amide bonds. The lowest BCUT2D eigenvalue weighted by Crippen LogP contribution is -2.30. The van der Waals surface area contributed by atoms with Gasteiger partial charge in [-0.15, -0.1) is 0 Å². The van der Waals surface area contributed by atoms with Crippen LogP contribution in [0.5, 0.6) is 5.75 Å². The number of ether oxygens (including phenoxy) is 1. The third-order valence-corrected chi connectivity index (χ3v) is 4.48. The number of methoxy groups -OCH3 is 1. The van der Waals surface area contributed by atoms with E-state index in [1.54, 1.807) is 19.2 Å². The number of hydrogen-bond donors (Lipinski definition) is 2. The summed E-state index contributed by atoms with van der Waals surface area (Å²) in [4.78, 5) is 0. The zero-order valence-electron chi connectivity index (χ0n) is 11.4. The predicted molar refractivity (Wildman–Crippen MR) is 90.9 cm³/mol. The first-order chi connectivity index (χ1) is 10.1. The summed E-state index contributed by atoms with van der Waals surface area (Å²) in [5.74, 6) is 6.46. The molecule has 6 heteroatoms. The average molecular weight is 390 g/mol. The predicted octanol–water partition coefficient (Wildman–Crippen LogP) is 4.51. The Morgan fingerprint density at radius 3 is 2.43 bits per heavy atom. The molecule has 3 nitrogen and oxygen atoms in total. The quantitative estimate of drug-likeness (QED) is 0.584. The number of nitrogens with one attached hydrogen (secondary N) is 1. The van der Waals surface area contributed by atoms with E-state index in [4.69, 9.17) is 33.8 Å². The van der Waals surface area contributed by atoms with Crippen LogP contribution < -0.4 is 16.0 Å². The normalized spacial score (nSPS) is 12.2. The summed E-state index contributed by atoms with van der Waals surface area (Å²) in [5.41, 5.74) is 4.67. The van der Waals surface area contributed by atoms with E-state index in [0.29, 0.717) is 16.5 Å². The van der Waals surface area contributed by atoms with E-state index >= 15 is 0 Å². The minimum Gasteiger partial charge on any atom is -0.496 e. The van der Waals surface area contributed by atoms with Crippen LogP contribution in [0.25, 0.3) is 0 Å². The van der Waals surface area contributed by atoms with Crippen LogP contribution in [0.4, 0.5) is 0 Å². The van der Waals surface area contributed by atoms with Gasteiger partial charge in [-0.2, -0.15) is 0 Å². The van der Waals surface area contributed by atoms with E-state index in [-0.39, 0.29) is 6.04 Å². The number of hydrazine groups is 1. The molecule has 1 unspecified atom stereocenters. The van der Waals surface area contributed by atoms with Crippen LogP contribution >= 0.6 is 39.1 Å². The Balaban J connectivity index is 2.29. The highest BCUT2D eigenvalue weighted by atomic mass is 79.9. The molecule has 0 saturated carbocycles. The van der Waals surface area contributed by atoms with Crippen LogP contribution in [-0.4, -0.2) is 7.11 Å². The van der Waals surface area contributed by atoms with Gasteiger partial charge in [0.15, 0.2) is 0 Å². The lowest BCUT2D eigenvalue weighted by Gasteiger charge is -2.19. The average Bonchev–Trinajstić information content (AvgIpc) is 2.46. The lowest BCUT2D eigenvalue weighted by atomic mass is 9.99. The van der Waals surface area contributed by atoms with E-state index in [9.17, 15) is 0 Å². The molecule has 0 aliphatic carbocycles. The molecule has 3 N–H and O–H groups in total. The van der Waals surface area contributed by atoms with Gasteiger partial charge in [-0.1, -0.05) is 35.3 Å². The molecule has 0 spiro atoms. The largest absolute Gasteiger partial charge is 0.496 e. The van der Waals surface area contributed by atoms with Gasteiger partial charge in [0.1, 0.15) is 5.75 Å². The summed E-state index contributed by atoms with van der Waals surface area (Å²) in [6, 6.07) is 11.1. The summed E-state index contributed by atoms with van der Waals surface area (Å²) < 4.78 is 6.12. The molecule has 1 atom stereocenters. The molecule has 2 aromatic rings. The highest BCUT2D eigenvalue weighted by Crippen LogP contribution is 2.33. The van der Waals surface area contributed by atoms with Crippen molar-refractivity contribution in [2.75, 3.05) is 7.11 Å². The first-order valence-electron chi connectivity index (χ1n) is 6.29. The van der Waals surface area contributed by atoms with Gasteiger partial charge >= 0.3 is 0 Å². The van der Waals surface area contributed by atoms with Crippen molar-refractivity contribution in [3.05, 3.63) is 62.0 Å². The van der Waals surface area contributed by atoms with Crippen molar-refractivity contribution < 1.29 is 4.74 Å². The Labute approximate surface area is 142 Å². The van der Waals surface area contributed by atoms with E-state index in [2.05, 4.69) is 21.4 Å². The molecule has 112 valence electrons. The third-order valence-electron chi connectivity index (χ3n) is 3.21. The van der Waals surface area contributed by atoms with Crippen molar-refractivity contribution in [1.82, 2.24) is 5.43 Å². The van der Waals surface area contributed by atoms with Crippen molar-refractivity contribution in [2.24, 2.45) is 5.84 Å². The van der Waals surface area contributed by atoms with Crippen LogP contribution in [0.2, 0.25) is 10.0 Å². The maximum atomic E-state index is 6.24. The number of rotatable bonds is 5. The van der Waals surface area contributed by atoms with Gasteiger partial charge in [0.05, 0.1) is 17.6 Å². The topological polar surface area (TPSA) is 47.3 Å². The molecule has 0 aliphatic rings. The third kappa shape index (κ3) is 3.90. The molecule has 0 aromatic heterocycles. The second-order valence-electron chi connectivity index (χ2n) is 4.53. The van der Waals surface area contributed by atoms with Crippen molar-refractivity contribution in [3.63, 3.8) is 0 Å². The van der Waals surface area contributed by atoms with Crippen molar-refractivity contribution in [2.45, 2.75) is 12.5 Å². The Morgan fingerprint density at radius 1 is 1.24 bits per heavy atom. The number of benzene rings is 2. The first kappa shape index (κ1) is 16.6. The van der Waals surface area contributed by atoms with Crippen LogP contribution in [0, 0.1) is 0 Å². The maximum absolute atomic E-state index is 6.24. The van der Waals surface area contributed by atoms with Gasteiger partial charge in [0.2, 0.25) is 0 Å². The lowest BCUT2D eigenvalue weighted by molar-refractivity contribution is 0.412. The van der Waals surface area contributed by atoms with E-state index < -0.39 is 0 Å². The fourth-order valence-corrected chi connectivity index (χ4v) is 3.41. The molecule has 0 bridgehead atoms. The zero-order chi connectivity index (χ0) is 15.4. The monoisotopic (exact) mass is 388 g/mol. The molecule has 0 aliphatic heterocycles. The fraction of sp³-hybridized carbons (Fsp3) is 0.200. The standard InChI is InChI=1S/C15H15BrCl2N2O/c1-21-14-6-5-9(7-10(14)16)8-13(20-19)15-11(17)3-2-4-12(15)18/h2-7,13,20H,8,19H2,1H3. The van der Waals surface area contributed by atoms with Gasteiger partial charge in [-0.05, 0) is 52.2 Å². The van der Waals surface area contributed by atoms with Gasteiger partial charge < -0.3 is 4.74 Å². The maximum Gasteiger partial charge on any atom is 0.133 e. The minimum absolute atomic E-state index is 0.175. The first-order valence-corrected chi connectivity index (χ1v) is 7.84. The summed E-state index contributed by atoms with van der Waals surface area (Å²) in [6.45, 7) is 0. The Kier molecular flexibility index (Phi) is 5.90. The molecule has 0 heterocycles. The van der Waals surface area contributed by atoms with Crippen LogP contribution in [0.15, 0.2) is 40.9 Å². The minimum atomic E-state index is -0.175. The summed E-state index contributed by atoms with van der Waals surface area (Å²) in [5, 5.41) is 1.19. The highest BCUT2D eigenvalue weighted by Gasteiger charge is 2.17. The molecule has 0 radical (unpaired) electrons. The molecular formula is C15H15BrCl2N2O. The van der Waals surface area contributed by atoms with Crippen molar-refractivity contribution in [1.29, 1.82) is 0 Å². The van der Waals surface area contributed by atoms with Crippen molar-refractivity contribution in [3.8, 4) is 5.75 Å². The van der Waals surface area contributed by atoms with Gasteiger partial charge in [-0.3, -0.25) is 11.3 Å². The Hall–Kier alpha value is -0.780. The smallest absolute Gasteiger partial charge is 0.133 e. The molecule has 21 heavy (non-hydrogen) atoms. The van der Waals surface area contributed by atoms with Crippen LogP contribution in [-0.2, 0) is 6.42 Å². The number of nitrogens with two attached hydrogens (primary N) is 1. The number of halogens is 3. The van der Waals surface area contributed by atoms with Gasteiger partial charge in [0.25, 0.3) is 0 Å². The molecule has 0 fully saturated rings. The van der Waals surface area contributed by atoms with E-state index in [1.807, 2.05) is 24.3 Å². The van der Waals surface area contributed by atoms with Gasteiger partial charge in [0, 0.05) is 15.6 Å². The van der Waals surface area contributed by atoms with Crippen molar-refractivity contribution >= 4 is 39.1 Å². The van der Waals surface area contributed by atoms with E-state index in [0.717, 1.165) is 21.3 Å². The molecule has 2 rings (SSSR count). The zero-order valence-corrected chi connectivity index (χ0v) is 14.5. The summed E-state index contributed by atoms with van der Waals surface area (Å²) in [7, 11) is 1.63. The Bertz CT molecular complexity index is 617. The van der Waals surface area contributed by atoms with Crippen LogP contribution in [0.1, 0.15) is 17.2 Å². The molecular weight excluding hydrogens is 375 g/mol. The fourth-order valence-electron chi connectivity index (χ4n) is 2.16. The number of hydrogen-bond acceptors (Lipinski definition) is 3. The summed E-state index contributed by atoms with van der Waals surface area (Å²) >= 11 is 16.0. The molecule has 0 saturated heterocycles.